The molecule has 17 heavy (non-hydrogen) atoms. The highest BCUT2D eigenvalue weighted by Crippen LogP contribution is 2.41. The van der Waals surface area contributed by atoms with Gasteiger partial charge in [0.15, 0.2) is 0 Å². The van der Waals surface area contributed by atoms with E-state index < -0.39 is 0 Å². The minimum Gasteiger partial charge on any atom is -0.403 e. The van der Waals surface area contributed by atoms with Crippen LogP contribution in [0.5, 0.6) is 0 Å². The third-order valence-electron chi connectivity index (χ3n) is 4.06. The van der Waals surface area contributed by atoms with Crippen LogP contribution in [0.1, 0.15) is 60.3 Å². The van der Waals surface area contributed by atoms with Crippen LogP contribution in [0.2, 0.25) is 5.82 Å². The van der Waals surface area contributed by atoms with E-state index in [-0.39, 0.29) is 18.3 Å². The maximum Gasteiger partial charge on any atom is 0.465 e. The molecule has 0 N–H and O–H groups in total. The highest BCUT2D eigenvalue weighted by atomic mass is 16.7. The van der Waals surface area contributed by atoms with Crippen molar-refractivity contribution in [2.75, 3.05) is 0 Å². The number of rotatable bonds is 6. The summed E-state index contributed by atoms with van der Waals surface area (Å²) in [5.41, 5.74) is -0.465. The fraction of sp³-hybridized carbons (Fsp3) is 0.857. The summed E-state index contributed by atoms with van der Waals surface area (Å²) in [7, 11) is -0.130. The largest absolute Gasteiger partial charge is 0.465 e. The van der Waals surface area contributed by atoms with E-state index in [0.717, 1.165) is 6.42 Å². The Bertz CT molecular complexity index is 245. The molecule has 0 aromatic heterocycles. The molecule has 1 aliphatic rings. The van der Waals surface area contributed by atoms with Crippen molar-refractivity contribution in [2.45, 2.75) is 77.3 Å². The molecule has 1 saturated heterocycles. The molecule has 0 aromatic carbocycles. The summed E-state index contributed by atoms with van der Waals surface area (Å²) in [5.74, 6) is 0.308. The van der Waals surface area contributed by atoms with Gasteiger partial charge in [0.25, 0.3) is 0 Å². The zero-order chi connectivity index (χ0) is 13.1. The lowest BCUT2D eigenvalue weighted by molar-refractivity contribution is 0.00578. The second-order valence-electron chi connectivity index (χ2n) is 6.02. The van der Waals surface area contributed by atoms with Gasteiger partial charge in [0.2, 0.25) is 0 Å². The molecule has 1 rings (SSSR count). The predicted octanol–water partition coefficient (Wildman–Crippen LogP) is 4.22. The van der Waals surface area contributed by atoms with Gasteiger partial charge in [-0.15, -0.1) is 6.58 Å². The number of hydrogen-bond donors (Lipinski definition) is 0. The first-order valence-corrected chi connectivity index (χ1v) is 6.82. The number of hydrogen-bond acceptors (Lipinski definition) is 2. The van der Waals surface area contributed by atoms with Gasteiger partial charge in [-0.25, -0.2) is 0 Å². The van der Waals surface area contributed by atoms with Gasteiger partial charge in [-0.05, 0) is 34.1 Å². The van der Waals surface area contributed by atoms with Gasteiger partial charge < -0.3 is 9.31 Å². The molecule has 3 heteroatoms. The summed E-state index contributed by atoms with van der Waals surface area (Å²) in [5, 5.41) is 0. The molecule has 0 aliphatic carbocycles. The van der Waals surface area contributed by atoms with Gasteiger partial charge in [-0.1, -0.05) is 32.3 Å². The lowest BCUT2D eigenvalue weighted by Gasteiger charge is -2.32. The molecule has 98 valence electrons. The quantitative estimate of drug-likeness (QED) is 0.392. The summed E-state index contributed by atoms with van der Waals surface area (Å²) < 4.78 is 12.1. The summed E-state index contributed by atoms with van der Waals surface area (Å²) in [6.07, 6.45) is 6.82. The first kappa shape index (κ1) is 14.8. The van der Waals surface area contributed by atoms with Crippen molar-refractivity contribution in [2.24, 2.45) is 0 Å². The van der Waals surface area contributed by atoms with Crippen LogP contribution >= 0.6 is 0 Å². The van der Waals surface area contributed by atoms with E-state index in [1.54, 1.807) is 0 Å². The molecule has 0 bridgehead atoms. The van der Waals surface area contributed by atoms with E-state index >= 15 is 0 Å². The van der Waals surface area contributed by atoms with Crippen molar-refractivity contribution in [3.05, 3.63) is 12.7 Å². The Morgan fingerprint density at radius 2 is 1.65 bits per heavy atom. The SMILES string of the molecule is C=CC(CCCCC)B1OC(C)(C)C(C)(C)O1. The van der Waals surface area contributed by atoms with E-state index in [9.17, 15) is 0 Å². The van der Waals surface area contributed by atoms with Crippen molar-refractivity contribution in [3.63, 3.8) is 0 Å². The second kappa shape index (κ2) is 5.58. The summed E-state index contributed by atoms with van der Waals surface area (Å²) >= 11 is 0. The van der Waals surface area contributed by atoms with Crippen LogP contribution in [0.25, 0.3) is 0 Å². The molecule has 0 radical (unpaired) electrons. The second-order valence-corrected chi connectivity index (χ2v) is 6.02. The van der Waals surface area contributed by atoms with Crippen LogP contribution in [0, 0.1) is 0 Å². The molecule has 0 amide bonds. The van der Waals surface area contributed by atoms with Crippen molar-refractivity contribution >= 4 is 7.12 Å². The maximum absolute atomic E-state index is 6.05. The van der Waals surface area contributed by atoms with Crippen LogP contribution in [-0.2, 0) is 9.31 Å². The normalized spacial score (nSPS) is 23.7. The van der Waals surface area contributed by atoms with Crippen LogP contribution in [-0.4, -0.2) is 18.3 Å². The molecule has 1 aliphatic heterocycles. The Morgan fingerprint density at radius 3 is 2.06 bits per heavy atom. The minimum absolute atomic E-state index is 0.130. The maximum atomic E-state index is 6.05. The Morgan fingerprint density at radius 1 is 1.12 bits per heavy atom. The van der Waals surface area contributed by atoms with Crippen molar-refractivity contribution in [1.82, 2.24) is 0 Å². The summed E-state index contributed by atoms with van der Waals surface area (Å²) in [4.78, 5) is 0. The fourth-order valence-electron chi connectivity index (χ4n) is 2.06. The molecule has 1 heterocycles. The van der Waals surface area contributed by atoms with Gasteiger partial charge in [0.1, 0.15) is 0 Å². The highest BCUT2D eigenvalue weighted by molar-refractivity contribution is 6.48. The average Bonchev–Trinajstić information content (AvgIpc) is 2.43. The van der Waals surface area contributed by atoms with Crippen molar-refractivity contribution in [3.8, 4) is 0 Å². The summed E-state index contributed by atoms with van der Waals surface area (Å²) in [6.45, 7) is 14.5. The zero-order valence-corrected chi connectivity index (χ0v) is 12.1. The van der Waals surface area contributed by atoms with Crippen molar-refractivity contribution in [1.29, 1.82) is 0 Å². The van der Waals surface area contributed by atoms with Gasteiger partial charge in [-0.3, -0.25) is 0 Å². The fourth-order valence-corrected chi connectivity index (χ4v) is 2.06. The monoisotopic (exact) mass is 238 g/mol. The van der Waals surface area contributed by atoms with Crippen LogP contribution in [0.15, 0.2) is 12.7 Å². The first-order chi connectivity index (χ1) is 7.84. The van der Waals surface area contributed by atoms with Crippen LogP contribution in [0.3, 0.4) is 0 Å². The van der Waals surface area contributed by atoms with Gasteiger partial charge in [-0.2, -0.15) is 0 Å². The van der Waals surface area contributed by atoms with Crippen LogP contribution < -0.4 is 0 Å². The Balaban J connectivity index is 2.58. The molecule has 0 aromatic rings. The Labute approximate surface area is 107 Å². The molecule has 0 saturated carbocycles. The number of allylic oxidation sites excluding steroid dienone is 1. The summed E-state index contributed by atoms with van der Waals surface area (Å²) in [6, 6.07) is 0. The van der Waals surface area contributed by atoms with Crippen LogP contribution in [0.4, 0.5) is 0 Å². The van der Waals surface area contributed by atoms with E-state index in [1.807, 2.05) is 6.08 Å². The topological polar surface area (TPSA) is 18.5 Å². The smallest absolute Gasteiger partial charge is 0.403 e. The van der Waals surface area contributed by atoms with Gasteiger partial charge in [0.05, 0.1) is 11.2 Å². The standard InChI is InChI=1S/C14H27BO2/c1-7-9-10-11-12(8-2)15-16-13(3,4)14(5,6)17-15/h8,12H,2,7,9-11H2,1,3-6H3. The zero-order valence-electron chi connectivity index (χ0n) is 12.1. The minimum atomic E-state index is -0.232. The lowest BCUT2D eigenvalue weighted by atomic mass is 9.69. The highest BCUT2D eigenvalue weighted by Gasteiger charge is 2.52. The van der Waals surface area contributed by atoms with E-state index in [4.69, 9.17) is 9.31 Å². The Kier molecular flexibility index (Phi) is 4.85. The number of unbranched alkanes of at least 4 members (excludes halogenated alkanes) is 2. The Hall–Kier alpha value is -0.275. The molecule has 0 spiro atoms. The van der Waals surface area contributed by atoms with E-state index in [0.29, 0.717) is 5.82 Å². The third-order valence-corrected chi connectivity index (χ3v) is 4.06. The molecule has 2 nitrogen and oxygen atoms in total. The van der Waals surface area contributed by atoms with E-state index in [1.165, 1.54) is 19.3 Å². The molecular weight excluding hydrogens is 211 g/mol. The molecule has 1 unspecified atom stereocenters. The third kappa shape index (κ3) is 3.35. The first-order valence-electron chi connectivity index (χ1n) is 6.82. The van der Waals surface area contributed by atoms with Gasteiger partial charge >= 0.3 is 7.12 Å². The molecular formula is C14H27BO2. The van der Waals surface area contributed by atoms with E-state index in [2.05, 4.69) is 41.2 Å². The molecule has 1 fully saturated rings. The molecule has 1 atom stereocenters. The van der Waals surface area contributed by atoms with Gasteiger partial charge in [0, 0.05) is 5.82 Å². The lowest BCUT2D eigenvalue weighted by Crippen LogP contribution is -2.41. The predicted molar refractivity (Wildman–Crippen MR) is 74.2 cm³/mol. The average molecular weight is 238 g/mol. The van der Waals surface area contributed by atoms with Crippen molar-refractivity contribution < 1.29 is 9.31 Å².